The minimum atomic E-state index is 0.156. The molecule has 0 aliphatic rings. The number of nitrogens with one attached hydrogen (secondary N) is 1. The van der Waals surface area contributed by atoms with Gasteiger partial charge >= 0.3 is 0 Å². The summed E-state index contributed by atoms with van der Waals surface area (Å²) in [5.41, 5.74) is 3.84. The Hall–Kier alpha value is -1.80. The van der Waals surface area contributed by atoms with E-state index in [2.05, 4.69) is 48.6 Å². The Morgan fingerprint density at radius 3 is 2.60 bits per heavy atom. The van der Waals surface area contributed by atoms with E-state index in [1.165, 1.54) is 23.1 Å². The summed E-state index contributed by atoms with van der Waals surface area (Å²) < 4.78 is 5.49. The highest BCUT2D eigenvalue weighted by Crippen LogP contribution is 2.30. The van der Waals surface area contributed by atoms with Gasteiger partial charge in [0.15, 0.2) is 0 Å². The van der Waals surface area contributed by atoms with Crippen LogP contribution in [0.15, 0.2) is 48.5 Å². The van der Waals surface area contributed by atoms with Crippen molar-refractivity contribution in [2.24, 2.45) is 0 Å². The van der Waals surface area contributed by atoms with Gasteiger partial charge in [-0.1, -0.05) is 55.8 Å². The number of benzene rings is 2. The Labute approximate surface area is 121 Å². The van der Waals surface area contributed by atoms with Gasteiger partial charge in [0.05, 0.1) is 13.2 Å². The summed E-state index contributed by atoms with van der Waals surface area (Å²) in [5, 5.41) is 3.40. The summed E-state index contributed by atoms with van der Waals surface area (Å²) in [5.74, 6) is 0.924. The first-order valence-corrected chi connectivity index (χ1v) is 7.19. The van der Waals surface area contributed by atoms with Crippen molar-refractivity contribution in [3.8, 4) is 5.75 Å². The van der Waals surface area contributed by atoms with Crippen LogP contribution in [0.4, 0.5) is 0 Å². The molecule has 0 aliphatic carbocycles. The van der Waals surface area contributed by atoms with Crippen LogP contribution < -0.4 is 10.1 Å². The molecule has 0 amide bonds. The lowest BCUT2D eigenvalue weighted by atomic mass is 9.95. The number of aryl methyl sites for hydroxylation is 1. The Bertz CT molecular complexity index is 551. The second-order valence-corrected chi connectivity index (χ2v) is 4.96. The molecule has 0 saturated carbocycles. The van der Waals surface area contributed by atoms with Crippen molar-refractivity contribution < 1.29 is 4.74 Å². The van der Waals surface area contributed by atoms with Gasteiger partial charge in [-0.2, -0.15) is 0 Å². The van der Waals surface area contributed by atoms with E-state index in [9.17, 15) is 0 Å². The zero-order valence-corrected chi connectivity index (χ0v) is 12.5. The molecule has 0 aliphatic heterocycles. The zero-order valence-electron chi connectivity index (χ0n) is 12.5. The molecule has 2 rings (SSSR count). The lowest BCUT2D eigenvalue weighted by molar-refractivity contribution is 0.405. The van der Waals surface area contributed by atoms with Gasteiger partial charge in [-0.05, 0) is 30.7 Å². The summed E-state index contributed by atoms with van der Waals surface area (Å²) >= 11 is 0. The lowest BCUT2D eigenvalue weighted by Crippen LogP contribution is -2.18. The first-order chi connectivity index (χ1) is 9.80. The number of para-hydroxylation sites is 1. The Kier molecular flexibility index (Phi) is 5.19. The number of hydrogen-bond donors (Lipinski definition) is 1. The van der Waals surface area contributed by atoms with Gasteiger partial charge in [-0.15, -0.1) is 0 Å². The van der Waals surface area contributed by atoms with Crippen LogP contribution in [0.2, 0.25) is 0 Å². The Morgan fingerprint density at radius 2 is 1.90 bits per heavy atom. The Balaban J connectivity index is 2.39. The minimum absolute atomic E-state index is 0.156. The van der Waals surface area contributed by atoms with E-state index in [0.717, 1.165) is 12.2 Å². The van der Waals surface area contributed by atoms with Gasteiger partial charge in [0.25, 0.3) is 0 Å². The maximum Gasteiger partial charge on any atom is 0.123 e. The van der Waals surface area contributed by atoms with Gasteiger partial charge in [0, 0.05) is 5.56 Å². The van der Waals surface area contributed by atoms with Crippen LogP contribution >= 0.6 is 0 Å². The van der Waals surface area contributed by atoms with E-state index in [1.807, 2.05) is 19.2 Å². The topological polar surface area (TPSA) is 21.3 Å². The van der Waals surface area contributed by atoms with E-state index < -0.39 is 0 Å². The third kappa shape index (κ3) is 3.20. The van der Waals surface area contributed by atoms with Crippen LogP contribution in [0.5, 0.6) is 5.75 Å². The fourth-order valence-electron chi connectivity index (χ4n) is 2.62. The normalized spacial score (nSPS) is 12.2. The molecule has 2 aromatic carbocycles. The smallest absolute Gasteiger partial charge is 0.123 e. The van der Waals surface area contributed by atoms with Crippen molar-refractivity contribution in [2.45, 2.75) is 25.8 Å². The molecule has 0 bridgehead atoms. The van der Waals surface area contributed by atoms with Crippen molar-refractivity contribution in [1.29, 1.82) is 0 Å². The van der Waals surface area contributed by atoms with E-state index in [0.29, 0.717) is 0 Å². The number of methoxy groups -OCH3 is 1. The zero-order chi connectivity index (χ0) is 14.4. The molecule has 0 radical (unpaired) electrons. The van der Waals surface area contributed by atoms with Crippen LogP contribution in [0.1, 0.15) is 36.1 Å². The van der Waals surface area contributed by atoms with Crippen molar-refractivity contribution in [3.63, 3.8) is 0 Å². The van der Waals surface area contributed by atoms with E-state index >= 15 is 0 Å². The standard InChI is InChI=1S/C18H23NO/c1-4-8-14-9-7-10-15(13-14)18(19-2)16-11-5-6-12-17(16)20-3/h5-7,9-13,18-19H,4,8H2,1-3H3. The lowest BCUT2D eigenvalue weighted by Gasteiger charge is -2.20. The average Bonchev–Trinajstić information content (AvgIpc) is 2.49. The molecule has 2 heteroatoms. The predicted molar refractivity (Wildman–Crippen MR) is 84.3 cm³/mol. The maximum absolute atomic E-state index is 5.49. The molecule has 2 nitrogen and oxygen atoms in total. The van der Waals surface area contributed by atoms with Crippen LogP contribution in [0.25, 0.3) is 0 Å². The Morgan fingerprint density at radius 1 is 1.10 bits per heavy atom. The number of ether oxygens (including phenoxy) is 1. The van der Waals surface area contributed by atoms with Gasteiger partial charge in [0.2, 0.25) is 0 Å². The monoisotopic (exact) mass is 269 g/mol. The predicted octanol–water partition coefficient (Wildman–Crippen LogP) is 3.96. The van der Waals surface area contributed by atoms with Crippen molar-refractivity contribution in [2.75, 3.05) is 14.2 Å². The largest absolute Gasteiger partial charge is 0.496 e. The summed E-state index contributed by atoms with van der Waals surface area (Å²) in [6, 6.07) is 17.1. The molecule has 2 aromatic rings. The second-order valence-electron chi connectivity index (χ2n) is 4.96. The molecular formula is C18H23NO. The van der Waals surface area contributed by atoms with E-state index in [4.69, 9.17) is 4.74 Å². The van der Waals surface area contributed by atoms with E-state index in [-0.39, 0.29) is 6.04 Å². The highest BCUT2D eigenvalue weighted by atomic mass is 16.5. The van der Waals surface area contributed by atoms with Crippen molar-refractivity contribution >= 4 is 0 Å². The third-order valence-electron chi connectivity index (χ3n) is 3.56. The quantitative estimate of drug-likeness (QED) is 0.857. The first kappa shape index (κ1) is 14.6. The van der Waals surface area contributed by atoms with Gasteiger partial charge in [-0.3, -0.25) is 0 Å². The third-order valence-corrected chi connectivity index (χ3v) is 3.56. The highest BCUT2D eigenvalue weighted by molar-refractivity contribution is 5.42. The van der Waals surface area contributed by atoms with Crippen LogP contribution in [-0.4, -0.2) is 14.2 Å². The van der Waals surface area contributed by atoms with Gasteiger partial charge in [0.1, 0.15) is 5.75 Å². The minimum Gasteiger partial charge on any atom is -0.496 e. The molecule has 1 unspecified atom stereocenters. The molecule has 0 spiro atoms. The second kappa shape index (κ2) is 7.11. The van der Waals surface area contributed by atoms with Gasteiger partial charge in [-0.25, -0.2) is 0 Å². The molecule has 0 heterocycles. The van der Waals surface area contributed by atoms with Gasteiger partial charge < -0.3 is 10.1 Å². The highest BCUT2D eigenvalue weighted by Gasteiger charge is 2.16. The molecule has 1 atom stereocenters. The fraction of sp³-hybridized carbons (Fsp3) is 0.333. The maximum atomic E-state index is 5.49. The van der Waals surface area contributed by atoms with Crippen LogP contribution in [0, 0.1) is 0 Å². The molecule has 0 aromatic heterocycles. The van der Waals surface area contributed by atoms with E-state index in [1.54, 1.807) is 7.11 Å². The summed E-state index contributed by atoms with van der Waals surface area (Å²) in [4.78, 5) is 0. The van der Waals surface area contributed by atoms with Crippen molar-refractivity contribution in [1.82, 2.24) is 5.32 Å². The molecule has 1 N–H and O–H groups in total. The number of rotatable bonds is 6. The van der Waals surface area contributed by atoms with Crippen molar-refractivity contribution in [3.05, 3.63) is 65.2 Å². The molecule has 0 saturated heterocycles. The average molecular weight is 269 g/mol. The molecule has 20 heavy (non-hydrogen) atoms. The molecule has 0 fully saturated rings. The molecule has 106 valence electrons. The first-order valence-electron chi connectivity index (χ1n) is 7.19. The summed E-state index contributed by atoms with van der Waals surface area (Å²) in [6.07, 6.45) is 2.29. The van der Waals surface area contributed by atoms with Crippen LogP contribution in [-0.2, 0) is 6.42 Å². The molecular weight excluding hydrogens is 246 g/mol. The number of hydrogen-bond acceptors (Lipinski definition) is 2. The van der Waals surface area contributed by atoms with Crippen LogP contribution in [0.3, 0.4) is 0 Å². The SMILES string of the molecule is CCCc1cccc(C(NC)c2ccccc2OC)c1. The summed E-state index contributed by atoms with van der Waals surface area (Å²) in [7, 11) is 3.71. The summed E-state index contributed by atoms with van der Waals surface area (Å²) in [6.45, 7) is 2.21. The fourth-order valence-corrected chi connectivity index (χ4v) is 2.62.